The number of rotatable bonds is 6. The van der Waals surface area contributed by atoms with Gasteiger partial charge < -0.3 is 9.52 Å². The van der Waals surface area contributed by atoms with Gasteiger partial charge in [-0.2, -0.15) is 0 Å². The zero-order chi connectivity index (χ0) is 15.4. The summed E-state index contributed by atoms with van der Waals surface area (Å²) in [6.45, 7) is 1.91. The summed E-state index contributed by atoms with van der Waals surface area (Å²) in [5, 5.41) is 17.9. The first-order valence-electron chi connectivity index (χ1n) is 6.13. The number of thioether (sulfide) groups is 1. The van der Waals surface area contributed by atoms with Gasteiger partial charge in [-0.3, -0.25) is 4.79 Å². The summed E-state index contributed by atoms with van der Waals surface area (Å²) in [6, 6.07) is 5.00. The van der Waals surface area contributed by atoms with E-state index < -0.39 is 5.97 Å². The highest BCUT2D eigenvalue weighted by Gasteiger charge is 2.15. The summed E-state index contributed by atoms with van der Waals surface area (Å²) < 4.78 is 5.53. The largest absolute Gasteiger partial charge is 0.481 e. The van der Waals surface area contributed by atoms with E-state index in [0.29, 0.717) is 33.1 Å². The van der Waals surface area contributed by atoms with Crippen LogP contribution in [0.3, 0.4) is 0 Å². The molecule has 0 amide bonds. The number of halogens is 2. The number of hydrogen-bond acceptors (Lipinski definition) is 5. The van der Waals surface area contributed by atoms with Crippen molar-refractivity contribution in [1.29, 1.82) is 0 Å². The van der Waals surface area contributed by atoms with E-state index in [2.05, 4.69) is 10.2 Å². The van der Waals surface area contributed by atoms with Crippen LogP contribution in [0.5, 0.6) is 0 Å². The van der Waals surface area contributed by atoms with Crippen molar-refractivity contribution >= 4 is 40.9 Å². The Balaban J connectivity index is 2.05. The molecule has 0 spiro atoms. The maximum absolute atomic E-state index is 10.5. The molecular formula is C13H12Cl2N2O3S. The van der Waals surface area contributed by atoms with Gasteiger partial charge in [-0.1, -0.05) is 41.9 Å². The molecule has 2 rings (SSSR count). The van der Waals surface area contributed by atoms with Gasteiger partial charge in [0.15, 0.2) is 0 Å². The molecule has 0 fully saturated rings. The van der Waals surface area contributed by atoms with Crippen molar-refractivity contribution in [3.63, 3.8) is 0 Å². The zero-order valence-electron chi connectivity index (χ0n) is 11.0. The van der Waals surface area contributed by atoms with Crippen molar-refractivity contribution in [2.45, 2.75) is 30.2 Å². The van der Waals surface area contributed by atoms with E-state index in [1.165, 1.54) is 11.8 Å². The van der Waals surface area contributed by atoms with Crippen molar-refractivity contribution in [2.24, 2.45) is 0 Å². The fourth-order valence-corrected chi connectivity index (χ4v) is 2.87. The SMILES string of the molecule is CC(CCC(=O)O)Sc1nnc(-c2ccc(Cl)cc2Cl)o1. The molecule has 5 nitrogen and oxygen atoms in total. The molecule has 0 aliphatic heterocycles. The van der Waals surface area contributed by atoms with Crippen molar-refractivity contribution < 1.29 is 14.3 Å². The van der Waals surface area contributed by atoms with Crippen LogP contribution in [0.15, 0.2) is 27.8 Å². The van der Waals surface area contributed by atoms with Crippen molar-refractivity contribution in [3.05, 3.63) is 28.2 Å². The molecule has 0 radical (unpaired) electrons. The van der Waals surface area contributed by atoms with E-state index in [-0.39, 0.29) is 11.7 Å². The average Bonchev–Trinajstić information content (AvgIpc) is 2.84. The first-order chi connectivity index (χ1) is 9.95. The number of carboxylic acids is 1. The minimum Gasteiger partial charge on any atom is -0.481 e. The summed E-state index contributed by atoms with van der Waals surface area (Å²) in [5.41, 5.74) is 0.610. The Labute approximate surface area is 135 Å². The fraction of sp³-hybridized carbons (Fsp3) is 0.308. The fourth-order valence-electron chi connectivity index (χ4n) is 1.59. The molecule has 8 heteroatoms. The highest BCUT2D eigenvalue weighted by atomic mass is 35.5. The molecule has 0 aliphatic rings. The van der Waals surface area contributed by atoms with Crippen LogP contribution in [0.4, 0.5) is 0 Å². The van der Waals surface area contributed by atoms with Gasteiger partial charge >= 0.3 is 5.97 Å². The van der Waals surface area contributed by atoms with Crippen LogP contribution in [0, 0.1) is 0 Å². The molecule has 2 aromatic rings. The molecule has 21 heavy (non-hydrogen) atoms. The third kappa shape index (κ3) is 4.62. The molecule has 112 valence electrons. The van der Waals surface area contributed by atoms with Crippen LogP contribution >= 0.6 is 35.0 Å². The number of aromatic nitrogens is 2. The molecule has 1 heterocycles. The van der Waals surface area contributed by atoms with Crippen LogP contribution in [-0.2, 0) is 4.79 Å². The third-order valence-corrected chi connectivity index (χ3v) is 4.19. The van der Waals surface area contributed by atoms with E-state index in [1.54, 1.807) is 18.2 Å². The summed E-state index contributed by atoms with van der Waals surface area (Å²) in [4.78, 5) is 10.5. The monoisotopic (exact) mass is 346 g/mol. The highest BCUT2D eigenvalue weighted by molar-refractivity contribution is 7.99. The van der Waals surface area contributed by atoms with Gasteiger partial charge in [0, 0.05) is 16.7 Å². The summed E-state index contributed by atoms with van der Waals surface area (Å²) in [5.74, 6) is -0.508. The minimum atomic E-state index is -0.818. The number of nitrogens with zero attached hydrogens (tertiary/aromatic N) is 2. The average molecular weight is 347 g/mol. The van der Waals surface area contributed by atoms with E-state index in [4.69, 9.17) is 32.7 Å². The molecule has 1 aromatic carbocycles. The van der Waals surface area contributed by atoms with Crippen molar-refractivity contribution in [3.8, 4) is 11.5 Å². The molecule has 0 saturated heterocycles. The Bertz CT molecular complexity index is 648. The Hall–Kier alpha value is -1.24. The lowest BCUT2D eigenvalue weighted by Crippen LogP contribution is -2.02. The predicted octanol–water partition coefficient (Wildman–Crippen LogP) is 4.39. The Morgan fingerprint density at radius 3 is 2.86 bits per heavy atom. The number of benzene rings is 1. The zero-order valence-corrected chi connectivity index (χ0v) is 13.4. The first-order valence-corrected chi connectivity index (χ1v) is 7.76. The molecule has 1 N–H and O–H groups in total. The summed E-state index contributed by atoms with van der Waals surface area (Å²) >= 11 is 13.3. The standard InChI is InChI=1S/C13H12Cl2N2O3S/c1-7(2-5-11(18)19)21-13-17-16-12(20-13)9-4-3-8(14)6-10(9)15/h3-4,6-7H,2,5H2,1H3,(H,18,19). The molecule has 1 aromatic heterocycles. The topological polar surface area (TPSA) is 76.2 Å². The maximum Gasteiger partial charge on any atom is 0.303 e. The lowest BCUT2D eigenvalue weighted by Gasteiger charge is -2.05. The molecule has 1 atom stereocenters. The van der Waals surface area contributed by atoms with Crippen LogP contribution in [-0.4, -0.2) is 26.5 Å². The van der Waals surface area contributed by atoms with Gasteiger partial charge in [-0.15, -0.1) is 10.2 Å². The lowest BCUT2D eigenvalue weighted by atomic mass is 10.2. The van der Waals surface area contributed by atoms with Crippen LogP contribution in [0.2, 0.25) is 10.0 Å². The number of aliphatic carboxylic acids is 1. The molecule has 0 bridgehead atoms. The Morgan fingerprint density at radius 1 is 1.43 bits per heavy atom. The van der Waals surface area contributed by atoms with E-state index in [0.717, 1.165) is 0 Å². The van der Waals surface area contributed by atoms with Gasteiger partial charge in [-0.05, 0) is 24.6 Å². The smallest absolute Gasteiger partial charge is 0.303 e. The summed E-state index contributed by atoms with van der Waals surface area (Å²) in [7, 11) is 0. The highest BCUT2D eigenvalue weighted by Crippen LogP contribution is 2.32. The summed E-state index contributed by atoms with van der Waals surface area (Å²) in [6.07, 6.45) is 0.636. The van der Waals surface area contributed by atoms with E-state index in [9.17, 15) is 4.79 Å². The molecule has 0 saturated carbocycles. The number of carboxylic acid groups (broad SMARTS) is 1. The number of carbonyl (C=O) groups is 1. The first kappa shape index (κ1) is 16.1. The van der Waals surface area contributed by atoms with Crippen molar-refractivity contribution in [2.75, 3.05) is 0 Å². The molecular weight excluding hydrogens is 335 g/mol. The lowest BCUT2D eigenvalue weighted by molar-refractivity contribution is -0.137. The number of hydrogen-bond donors (Lipinski definition) is 1. The maximum atomic E-state index is 10.5. The second kappa shape index (κ2) is 7.15. The van der Waals surface area contributed by atoms with Gasteiger partial charge in [0.2, 0.25) is 5.89 Å². The van der Waals surface area contributed by atoms with Gasteiger partial charge in [0.05, 0.1) is 10.6 Å². The quantitative estimate of drug-likeness (QED) is 0.781. The van der Waals surface area contributed by atoms with Gasteiger partial charge in [0.25, 0.3) is 5.22 Å². The van der Waals surface area contributed by atoms with Crippen LogP contribution in [0.1, 0.15) is 19.8 Å². The van der Waals surface area contributed by atoms with Crippen LogP contribution < -0.4 is 0 Å². The van der Waals surface area contributed by atoms with E-state index >= 15 is 0 Å². The van der Waals surface area contributed by atoms with Crippen LogP contribution in [0.25, 0.3) is 11.5 Å². The minimum absolute atomic E-state index is 0.0649. The Kier molecular flexibility index (Phi) is 5.50. The third-order valence-electron chi connectivity index (χ3n) is 2.63. The molecule has 1 unspecified atom stereocenters. The van der Waals surface area contributed by atoms with Gasteiger partial charge in [-0.25, -0.2) is 0 Å². The predicted molar refractivity (Wildman–Crippen MR) is 81.9 cm³/mol. The Morgan fingerprint density at radius 2 is 2.19 bits per heavy atom. The van der Waals surface area contributed by atoms with E-state index in [1.807, 2.05) is 6.92 Å². The molecule has 0 aliphatic carbocycles. The van der Waals surface area contributed by atoms with Gasteiger partial charge in [0.1, 0.15) is 0 Å². The second-order valence-corrected chi connectivity index (χ2v) is 6.59. The second-order valence-electron chi connectivity index (χ2n) is 4.36. The van der Waals surface area contributed by atoms with Crippen molar-refractivity contribution in [1.82, 2.24) is 10.2 Å². The normalized spacial score (nSPS) is 12.3.